The summed E-state index contributed by atoms with van der Waals surface area (Å²) in [4.78, 5) is 29.9. The van der Waals surface area contributed by atoms with Crippen LogP contribution in [0.5, 0.6) is 0 Å². The highest BCUT2D eigenvalue weighted by atomic mass is 32.1. The quantitative estimate of drug-likeness (QED) is 0.676. The Hall–Kier alpha value is -3.25. The molecule has 0 aliphatic rings. The summed E-state index contributed by atoms with van der Waals surface area (Å²) in [5.41, 5.74) is 1.87. The van der Waals surface area contributed by atoms with E-state index in [1.54, 1.807) is 19.1 Å². The molecule has 0 radical (unpaired) electrons. The van der Waals surface area contributed by atoms with Crippen LogP contribution in [-0.2, 0) is 11.3 Å². The first kappa shape index (κ1) is 18.5. The molecule has 27 heavy (non-hydrogen) atoms. The minimum atomic E-state index is -0.361. The van der Waals surface area contributed by atoms with Crippen LogP contribution in [0, 0.1) is 0 Å². The van der Waals surface area contributed by atoms with Crippen molar-refractivity contribution in [3.8, 4) is 0 Å². The number of H-pyrrole nitrogens is 2. The van der Waals surface area contributed by atoms with Gasteiger partial charge < -0.3 is 14.7 Å². The van der Waals surface area contributed by atoms with Gasteiger partial charge in [0.25, 0.3) is 11.1 Å². The van der Waals surface area contributed by atoms with E-state index in [1.165, 1.54) is 0 Å². The van der Waals surface area contributed by atoms with E-state index in [2.05, 4.69) is 9.97 Å². The van der Waals surface area contributed by atoms with E-state index in [0.29, 0.717) is 11.7 Å². The molecule has 2 aromatic carbocycles. The normalized spacial score (nSPS) is 12.2. The van der Waals surface area contributed by atoms with Crippen LogP contribution in [0.4, 0.5) is 0 Å². The number of nitrogens with one attached hydrogen (secondary N) is 2. The fourth-order valence-corrected chi connectivity index (χ4v) is 2.53. The summed E-state index contributed by atoms with van der Waals surface area (Å²) in [7, 11) is 0. The SMILES string of the molecule is CC(=S)OCc1ccc(C=c2[nH]c(=O)/c(=C/c3ccccc3)[nH]c2=O)cc1. The minimum Gasteiger partial charge on any atom is -0.483 e. The molecule has 6 heteroatoms. The summed E-state index contributed by atoms with van der Waals surface area (Å²) in [5, 5.41) is 0.900. The van der Waals surface area contributed by atoms with E-state index in [0.717, 1.165) is 16.7 Å². The highest BCUT2D eigenvalue weighted by molar-refractivity contribution is 7.80. The van der Waals surface area contributed by atoms with Gasteiger partial charge in [0.15, 0.2) is 5.05 Å². The average Bonchev–Trinajstić information content (AvgIpc) is 2.66. The van der Waals surface area contributed by atoms with Gasteiger partial charge >= 0.3 is 0 Å². The Morgan fingerprint density at radius 1 is 0.889 bits per heavy atom. The van der Waals surface area contributed by atoms with Gasteiger partial charge in [0.2, 0.25) is 0 Å². The number of rotatable bonds is 4. The van der Waals surface area contributed by atoms with Crippen molar-refractivity contribution in [1.29, 1.82) is 0 Å². The van der Waals surface area contributed by atoms with Gasteiger partial charge in [0, 0.05) is 6.92 Å². The van der Waals surface area contributed by atoms with Gasteiger partial charge in [-0.1, -0.05) is 54.6 Å². The predicted molar refractivity (Wildman–Crippen MR) is 110 cm³/mol. The first-order valence-electron chi connectivity index (χ1n) is 8.35. The summed E-state index contributed by atoms with van der Waals surface area (Å²) in [6, 6.07) is 16.8. The lowest BCUT2D eigenvalue weighted by molar-refractivity contribution is 0.298. The molecule has 1 aromatic heterocycles. The molecule has 1 heterocycles. The van der Waals surface area contributed by atoms with E-state index >= 15 is 0 Å². The number of thiocarbonyl (C=S) groups is 1. The number of aromatic amines is 2. The molecule has 0 aliphatic heterocycles. The van der Waals surface area contributed by atoms with Gasteiger partial charge in [-0.05, 0) is 41.1 Å². The number of benzene rings is 2. The highest BCUT2D eigenvalue weighted by Gasteiger charge is 1.98. The Bertz CT molecular complexity index is 1180. The van der Waals surface area contributed by atoms with Crippen LogP contribution in [-0.4, -0.2) is 15.0 Å². The predicted octanol–water partition coefficient (Wildman–Crippen LogP) is 1.58. The van der Waals surface area contributed by atoms with Crippen LogP contribution >= 0.6 is 12.2 Å². The maximum atomic E-state index is 12.3. The molecule has 0 saturated carbocycles. The topological polar surface area (TPSA) is 75.0 Å². The van der Waals surface area contributed by atoms with E-state index < -0.39 is 0 Å². The summed E-state index contributed by atoms with van der Waals surface area (Å²) in [6.07, 6.45) is 3.26. The molecule has 3 aromatic rings. The van der Waals surface area contributed by atoms with Gasteiger partial charge in [-0.3, -0.25) is 9.59 Å². The number of hydrogen-bond acceptors (Lipinski definition) is 4. The summed E-state index contributed by atoms with van der Waals surface area (Å²) in [5.74, 6) is 0. The van der Waals surface area contributed by atoms with Crippen molar-refractivity contribution in [2.24, 2.45) is 0 Å². The molecule has 136 valence electrons. The zero-order chi connectivity index (χ0) is 19.2. The molecule has 0 unspecified atom stereocenters. The second-order valence-electron chi connectivity index (χ2n) is 5.96. The van der Waals surface area contributed by atoms with Crippen LogP contribution in [0.3, 0.4) is 0 Å². The van der Waals surface area contributed by atoms with Crippen molar-refractivity contribution in [3.05, 3.63) is 103 Å². The van der Waals surface area contributed by atoms with E-state index in [-0.39, 0.29) is 21.8 Å². The molecule has 0 fully saturated rings. The standard InChI is InChI=1S/C21H18N2O3S/c1-14(27)26-13-17-9-7-16(8-10-17)12-19-21(25)22-18(20(24)23-19)11-15-5-3-2-4-6-15/h2-12H,13H2,1H3,(H,22,25)(H,23,24)/b18-11-,19-12?. The largest absolute Gasteiger partial charge is 0.483 e. The van der Waals surface area contributed by atoms with Crippen molar-refractivity contribution >= 4 is 29.4 Å². The molecule has 0 aliphatic carbocycles. The molecule has 0 saturated heterocycles. The van der Waals surface area contributed by atoms with Crippen LogP contribution in [0.1, 0.15) is 23.6 Å². The van der Waals surface area contributed by atoms with E-state index in [9.17, 15) is 9.59 Å². The highest BCUT2D eigenvalue weighted by Crippen LogP contribution is 2.06. The summed E-state index contributed by atoms with van der Waals surface area (Å²) in [6.45, 7) is 2.12. The maximum absolute atomic E-state index is 12.3. The second kappa shape index (κ2) is 8.42. The molecule has 0 amide bonds. The van der Waals surface area contributed by atoms with Crippen molar-refractivity contribution in [2.75, 3.05) is 0 Å². The van der Waals surface area contributed by atoms with Crippen LogP contribution in [0.25, 0.3) is 12.2 Å². The van der Waals surface area contributed by atoms with E-state index in [1.807, 2.05) is 54.6 Å². The summed E-state index contributed by atoms with van der Waals surface area (Å²) < 4.78 is 5.30. The van der Waals surface area contributed by atoms with Crippen molar-refractivity contribution < 1.29 is 4.74 Å². The lowest BCUT2D eigenvalue weighted by Crippen LogP contribution is -2.46. The average molecular weight is 378 g/mol. The summed E-state index contributed by atoms with van der Waals surface area (Å²) >= 11 is 4.88. The van der Waals surface area contributed by atoms with Crippen LogP contribution in [0.2, 0.25) is 0 Å². The van der Waals surface area contributed by atoms with Gasteiger partial charge in [-0.15, -0.1) is 0 Å². The van der Waals surface area contributed by atoms with Crippen LogP contribution < -0.4 is 21.8 Å². The zero-order valence-corrected chi connectivity index (χ0v) is 15.5. The molecular weight excluding hydrogens is 360 g/mol. The number of aromatic nitrogens is 2. The fourth-order valence-electron chi connectivity index (χ4n) is 2.47. The Morgan fingerprint density at radius 3 is 1.93 bits per heavy atom. The third-order valence-electron chi connectivity index (χ3n) is 3.83. The van der Waals surface area contributed by atoms with Gasteiger partial charge in [-0.25, -0.2) is 0 Å². The third kappa shape index (κ3) is 5.12. The Balaban J connectivity index is 1.92. The Labute approximate surface area is 160 Å². The first-order chi connectivity index (χ1) is 13.0. The van der Waals surface area contributed by atoms with Gasteiger partial charge in [0.1, 0.15) is 17.3 Å². The number of ether oxygens (including phenoxy) is 1. The first-order valence-corrected chi connectivity index (χ1v) is 8.75. The van der Waals surface area contributed by atoms with Gasteiger partial charge in [-0.2, -0.15) is 0 Å². The molecule has 3 rings (SSSR count). The van der Waals surface area contributed by atoms with Crippen molar-refractivity contribution in [1.82, 2.24) is 9.97 Å². The van der Waals surface area contributed by atoms with Crippen molar-refractivity contribution in [3.63, 3.8) is 0 Å². The maximum Gasteiger partial charge on any atom is 0.272 e. The molecule has 0 spiro atoms. The molecule has 0 atom stereocenters. The van der Waals surface area contributed by atoms with Gasteiger partial charge in [0.05, 0.1) is 0 Å². The smallest absolute Gasteiger partial charge is 0.272 e. The third-order valence-corrected chi connectivity index (χ3v) is 3.95. The molecule has 2 N–H and O–H groups in total. The second-order valence-corrected chi connectivity index (χ2v) is 6.53. The molecule has 5 nitrogen and oxygen atoms in total. The Kier molecular flexibility index (Phi) is 5.78. The monoisotopic (exact) mass is 378 g/mol. The fraction of sp³-hybridized carbons (Fsp3) is 0.0952. The lowest BCUT2D eigenvalue weighted by atomic mass is 10.1. The minimum absolute atomic E-state index is 0.198. The Morgan fingerprint density at radius 2 is 1.41 bits per heavy atom. The lowest BCUT2D eigenvalue weighted by Gasteiger charge is -2.03. The molecule has 0 bridgehead atoms. The molecular formula is C21H18N2O3S. The number of hydrogen-bond donors (Lipinski definition) is 2. The van der Waals surface area contributed by atoms with Crippen molar-refractivity contribution in [2.45, 2.75) is 13.5 Å². The van der Waals surface area contributed by atoms with Crippen LogP contribution in [0.15, 0.2) is 64.2 Å². The van der Waals surface area contributed by atoms with E-state index in [4.69, 9.17) is 17.0 Å². The zero-order valence-electron chi connectivity index (χ0n) is 14.7.